The first-order valence-corrected chi connectivity index (χ1v) is 27.7. The van der Waals surface area contributed by atoms with Gasteiger partial charge in [0.1, 0.15) is 30.1 Å². The summed E-state index contributed by atoms with van der Waals surface area (Å²) in [6.07, 6.45) is 11.4. The molecule has 1 amide bonds. The summed E-state index contributed by atoms with van der Waals surface area (Å²) in [5.74, 6) is -8.11. The average Bonchev–Trinajstić information content (AvgIpc) is 3.30. The molecule has 16 heteroatoms. The van der Waals surface area contributed by atoms with Crippen molar-refractivity contribution < 1.29 is 67.0 Å². The summed E-state index contributed by atoms with van der Waals surface area (Å²) < 4.78 is 48.2. The van der Waals surface area contributed by atoms with Gasteiger partial charge in [0.25, 0.3) is 11.7 Å². The first kappa shape index (κ1) is 58.4. The van der Waals surface area contributed by atoms with Crippen LogP contribution in [0.15, 0.2) is 47.6 Å². The van der Waals surface area contributed by atoms with Crippen LogP contribution in [0.2, 0.25) is 0 Å². The number of carbonyl (C=O) groups excluding carboxylic acids is 5. The molecular formula is C53H84NO14P. The van der Waals surface area contributed by atoms with Gasteiger partial charge < -0.3 is 43.3 Å². The van der Waals surface area contributed by atoms with Crippen LogP contribution in [-0.2, 0) is 56.7 Å². The van der Waals surface area contributed by atoms with Gasteiger partial charge in [-0.25, -0.2) is 4.79 Å². The standard InChI is InChI=1S/C53H84NO14P/c1-32-18-14-13-15-19-33(2)44(63-8)30-40-23-21-38(7)53(61,67-40)50(58)51(59)54-25-17-16-20-41(54)52(60)66-45(35(4)28-39-22-24-43(46(29-39)64-9)68-69(11,12)62)31-42(55)34(3)27-37(6)48(57)49(65-10)47(56)36(5)26-32/h13-15,18-19,27,32,34-36,38-41,43-46,48-49,57,61H,16-17,20-26,28-31H2,1-12H3/b15-13+,18-14+,33-19+,37-27+/t32-,34-,35-,36-,38-,39+,40?,41?,43-,44+,45?,46-,48-,49+,53-/m1/s1. The van der Waals surface area contributed by atoms with E-state index in [2.05, 4.69) is 0 Å². The lowest BCUT2D eigenvalue weighted by Crippen LogP contribution is -2.61. The van der Waals surface area contributed by atoms with Crippen LogP contribution in [0.5, 0.6) is 0 Å². The molecule has 1 saturated carbocycles. The molecule has 0 spiro atoms. The highest BCUT2D eigenvalue weighted by Gasteiger charge is 2.53. The predicted octanol–water partition coefficient (Wildman–Crippen LogP) is 7.74. The van der Waals surface area contributed by atoms with Crippen molar-refractivity contribution in [1.29, 1.82) is 0 Å². The highest BCUT2D eigenvalue weighted by molar-refractivity contribution is 7.57. The fourth-order valence-corrected chi connectivity index (χ4v) is 11.4. The molecule has 0 aromatic carbocycles. The molecule has 2 bridgehead atoms. The number of aliphatic hydroxyl groups excluding tert-OH is 1. The van der Waals surface area contributed by atoms with Crippen LogP contribution in [0, 0.1) is 35.5 Å². The molecule has 3 unspecified atom stereocenters. The molecule has 4 aliphatic rings. The van der Waals surface area contributed by atoms with Crippen LogP contribution in [0.25, 0.3) is 0 Å². The molecule has 0 radical (unpaired) electrons. The minimum Gasteiger partial charge on any atom is -0.460 e. The Morgan fingerprint density at radius 3 is 2.22 bits per heavy atom. The van der Waals surface area contributed by atoms with E-state index in [-0.39, 0.29) is 60.9 Å². The van der Waals surface area contributed by atoms with E-state index in [4.69, 9.17) is 28.2 Å². The maximum Gasteiger partial charge on any atom is 0.329 e. The van der Waals surface area contributed by atoms with Crippen molar-refractivity contribution >= 4 is 36.6 Å². The third-order valence-corrected chi connectivity index (χ3v) is 15.6. The van der Waals surface area contributed by atoms with Crippen LogP contribution >= 0.6 is 7.37 Å². The van der Waals surface area contributed by atoms with Gasteiger partial charge in [0.2, 0.25) is 5.79 Å². The number of fused-ring (bicyclic) bond motifs is 3. The first-order valence-electron chi connectivity index (χ1n) is 25.2. The van der Waals surface area contributed by atoms with Gasteiger partial charge in [0.05, 0.1) is 24.4 Å². The van der Waals surface area contributed by atoms with Crippen molar-refractivity contribution in [2.75, 3.05) is 41.2 Å². The maximum atomic E-state index is 14.5. The normalized spacial score (nSPS) is 39.0. The zero-order valence-corrected chi connectivity index (χ0v) is 44.3. The molecule has 0 aromatic rings. The number of ether oxygens (including phenoxy) is 5. The number of ketones is 3. The molecule has 4 rings (SSSR count). The number of hydrogen-bond donors (Lipinski definition) is 2. The summed E-state index contributed by atoms with van der Waals surface area (Å²) in [7, 11) is 1.76. The number of rotatable bonds is 8. The Labute approximate surface area is 411 Å². The number of Topliss-reactive ketones (excluding diaryl/α,β-unsaturated/α-hetero) is 3. The third-order valence-electron chi connectivity index (χ3n) is 14.8. The molecule has 2 saturated heterocycles. The third kappa shape index (κ3) is 16.2. The van der Waals surface area contributed by atoms with Crippen molar-refractivity contribution in [3.05, 3.63) is 47.6 Å². The van der Waals surface area contributed by atoms with Crippen LogP contribution in [-0.4, -0.2) is 140 Å². The molecule has 0 aromatic heterocycles. The summed E-state index contributed by atoms with van der Waals surface area (Å²) in [5.41, 5.74) is 1.25. The Bertz CT molecular complexity index is 1940. The Kier molecular flexibility index (Phi) is 22.5. The molecule has 15 nitrogen and oxygen atoms in total. The Morgan fingerprint density at radius 2 is 1.57 bits per heavy atom. The zero-order chi connectivity index (χ0) is 51.4. The highest BCUT2D eigenvalue weighted by Crippen LogP contribution is 2.45. The smallest absolute Gasteiger partial charge is 0.329 e. The monoisotopic (exact) mass is 990 g/mol. The second-order valence-electron chi connectivity index (χ2n) is 20.9. The van der Waals surface area contributed by atoms with Gasteiger partial charge in [-0.3, -0.25) is 23.7 Å². The van der Waals surface area contributed by atoms with Crippen LogP contribution in [0.1, 0.15) is 126 Å². The first-order chi connectivity index (χ1) is 32.4. The average molecular weight is 990 g/mol. The van der Waals surface area contributed by atoms with E-state index >= 15 is 0 Å². The summed E-state index contributed by atoms with van der Waals surface area (Å²) in [6, 6.07) is -1.16. The number of amides is 1. The highest BCUT2D eigenvalue weighted by atomic mass is 31.2. The van der Waals surface area contributed by atoms with Gasteiger partial charge in [0, 0.05) is 71.8 Å². The van der Waals surface area contributed by atoms with E-state index in [1.165, 1.54) is 12.0 Å². The van der Waals surface area contributed by atoms with Crippen LogP contribution in [0.4, 0.5) is 0 Å². The predicted molar refractivity (Wildman–Crippen MR) is 263 cm³/mol. The molecule has 69 heavy (non-hydrogen) atoms. The van der Waals surface area contributed by atoms with E-state index in [1.807, 2.05) is 58.1 Å². The van der Waals surface area contributed by atoms with Crippen molar-refractivity contribution in [2.45, 2.75) is 180 Å². The molecule has 1 aliphatic carbocycles. The molecule has 2 N–H and O–H groups in total. The zero-order valence-electron chi connectivity index (χ0n) is 43.4. The van der Waals surface area contributed by atoms with E-state index < -0.39 is 85.1 Å². The number of nitrogens with zero attached hydrogens (tertiary/aromatic N) is 1. The van der Waals surface area contributed by atoms with Gasteiger partial charge in [-0.15, -0.1) is 0 Å². The summed E-state index contributed by atoms with van der Waals surface area (Å²) in [4.78, 5) is 72.2. The number of esters is 1. The second kappa shape index (κ2) is 26.5. The van der Waals surface area contributed by atoms with Crippen LogP contribution in [0.3, 0.4) is 0 Å². The Balaban J connectivity index is 1.70. The quantitative estimate of drug-likeness (QED) is 0.104. The minimum atomic E-state index is -2.79. The number of carbonyl (C=O) groups is 5. The number of methoxy groups -OCH3 is 3. The van der Waals surface area contributed by atoms with Gasteiger partial charge in [-0.1, -0.05) is 71.1 Å². The molecular weight excluding hydrogens is 906 g/mol. The lowest BCUT2D eigenvalue weighted by atomic mass is 9.78. The Morgan fingerprint density at radius 1 is 0.855 bits per heavy atom. The number of cyclic esters (lactones) is 1. The number of hydrogen-bond acceptors (Lipinski definition) is 14. The van der Waals surface area contributed by atoms with Crippen molar-refractivity contribution in [3.8, 4) is 0 Å². The molecule has 15 atom stereocenters. The van der Waals surface area contributed by atoms with Gasteiger partial charge in [-0.2, -0.15) is 0 Å². The summed E-state index contributed by atoms with van der Waals surface area (Å²) in [6.45, 7) is 15.9. The van der Waals surface area contributed by atoms with Crippen LogP contribution < -0.4 is 0 Å². The fraction of sp³-hybridized carbons (Fsp3) is 0.755. The SMILES string of the molecule is CO[C@H]1CC2CC[C@@H](C)[C@@](O)(O2)C(=O)C(=O)N2CCCCC2C(=O)OC([C@H](C)C[C@@H]2CC[C@@H](OP(C)(C)=O)[C@H](OC)C2)CC(=O)[C@H](C)/C=C(\C)[C@@H](O)[C@@H](OC)C(=O)[C@H](C)C[C@H](C)/C=C/C=C/C=C/1C. The number of allylic oxidation sites excluding steroid dienone is 6. The second-order valence-corrected chi connectivity index (χ2v) is 23.6. The summed E-state index contributed by atoms with van der Waals surface area (Å²) in [5, 5.41) is 23.5. The van der Waals surface area contributed by atoms with Crippen molar-refractivity contribution in [2.24, 2.45) is 35.5 Å². The lowest BCUT2D eigenvalue weighted by molar-refractivity contribution is -0.265. The van der Waals surface area contributed by atoms with Gasteiger partial charge in [0.15, 0.2) is 13.2 Å². The molecule has 3 aliphatic heterocycles. The molecule has 390 valence electrons. The van der Waals surface area contributed by atoms with E-state index in [0.717, 1.165) is 12.0 Å². The maximum absolute atomic E-state index is 14.5. The fourth-order valence-electron chi connectivity index (χ4n) is 10.5. The number of piperidine rings is 1. The summed E-state index contributed by atoms with van der Waals surface area (Å²) >= 11 is 0. The minimum absolute atomic E-state index is 0.0117. The van der Waals surface area contributed by atoms with Crippen molar-refractivity contribution in [1.82, 2.24) is 4.90 Å². The van der Waals surface area contributed by atoms with E-state index in [1.54, 1.807) is 54.4 Å². The van der Waals surface area contributed by atoms with Crippen molar-refractivity contribution in [3.63, 3.8) is 0 Å². The molecule has 3 fully saturated rings. The number of aliphatic hydroxyl groups is 2. The topological polar surface area (TPSA) is 201 Å². The van der Waals surface area contributed by atoms with E-state index in [9.17, 15) is 38.8 Å². The lowest BCUT2D eigenvalue weighted by Gasteiger charge is -2.42. The van der Waals surface area contributed by atoms with Gasteiger partial charge >= 0.3 is 5.97 Å². The Hall–Kier alpha value is -3.14. The van der Waals surface area contributed by atoms with Gasteiger partial charge in [-0.05, 0) is 107 Å². The largest absolute Gasteiger partial charge is 0.460 e. The van der Waals surface area contributed by atoms with E-state index in [0.29, 0.717) is 63.4 Å². The molecule has 3 heterocycles.